The Labute approximate surface area is 166 Å². The smallest absolute Gasteiger partial charge is 0.255 e. The van der Waals surface area contributed by atoms with Gasteiger partial charge in [0.2, 0.25) is 5.91 Å². The molecule has 0 radical (unpaired) electrons. The molecule has 1 aliphatic carbocycles. The first-order chi connectivity index (χ1) is 13.5. The molecule has 154 valence electrons. The minimum absolute atomic E-state index is 0.00906. The SMILES string of the molecule is CO[C@H]1CCC[C@@H](C(=O)N2CCC[C@@H](c3nc4c(c(=O)[nH]3)CN(C)CC4)C2)C1. The zero-order chi connectivity index (χ0) is 19.7. The Bertz CT molecular complexity index is 777. The van der Waals surface area contributed by atoms with Gasteiger partial charge in [0.1, 0.15) is 5.82 Å². The van der Waals surface area contributed by atoms with Gasteiger partial charge in [-0.2, -0.15) is 0 Å². The molecule has 3 atom stereocenters. The zero-order valence-corrected chi connectivity index (χ0v) is 17.1. The van der Waals surface area contributed by atoms with Crippen molar-refractivity contribution in [2.75, 3.05) is 33.8 Å². The second-order valence-electron chi connectivity index (χ2n) is 8.71. The highest BCUT2D eigenvalue weighted by molar-refractivity contribution is 5.79. The normalized spacial score (nSPS) is 28.8. The maximum Gasteiger partial charge on any atom is 0.255 e. The van der Waals surface area contributed by atoms with Gasteiger partial charge in [-0.05, 0) is 39.2 Å². The molecule has 1 amide bonds. The number of aromatic nitrogens is 2. The second kappa shape index (κ2) is 8.33. The number of carbonyl (C=O) groups is 1. The first-order valence-corrected chi connectivity index (χ1v) is 10.7. The van der Waals surface area contributed by atoms with Crippen LogP contribution in [0.5, 0.6) is 0 Å². The van der Waals surface area contributed by atoms with Crippen LogP contribution in [0.15, 0.2) is 4.79 Å². The van der Waals surface area contributed by atoms with E-state index < -0.39 is 0 Å². The van der Waals surface area contributed by atoms with Crippen molar-refractivity contribution in [1.82, 2.24) is 19.8 Å². The van der Waals surface area contributed by atoms with Gasteiger partial charge in [0.15, 0.2) is 0 Å². The number of ether oxygens (including phenoxy) is 1. The lowest BCUT2D eigenvalue weighted by Crippen LogP contribution is -2.44. The van der Waals surface area contributed by atoms with Crippen molar-refractivity contribution in [1.29, 1.82) is 0 Å². The van der Waals surface area contributed by atoms with Crippen LogP contribution < -0.4 is 5.56 Å². The van der Waals surface area contributed by atoms with Crippen LogP contribution in [-0.4, -0.2) is 65.6 Å². The molecule has 28 heavy (non-hydrogen) atoms. The van der Waals surface area contributed by atoms with Gasteiger partial charge in [0.25, 0.3) is 5.56 Å². The molecule has 0 spiro atoms. The monoisotopic (exact) mass is 388 g/mol. The van der Waals surface area contributed by atoms with Crippen molar-refractivity contribution >= 4 is 5.91 Å². The molecule has 2 aliphatic heterocycles. The van der Waals surface area contributed by atoms with Gasteiger partial charge in [-0.3, -0.25) is 9.59 Å². The first-order valence-electron chi connectivity index (χ1n) is 10.7. The topological polar surface area (TPSA) is 78.5 Å². The van der Waals surface area contributed by atoms with Gasteiger partial charge in [-0.1, -0.05) is 6.42 Å². The summed E-state index contributed by atoms with van der Waals surface area (Å²) < 4.78 is 5.50. The van der Waals surface area contributed by atoms with Gasteiger partial charge in [0.05, 0.1) is 17.4 Å². The number of likely N-dealkylation sites (tertiary alicyclic amines) is 1. The molecule has 0 unspecified atom stereocenters. The predicted molar refractivity (Wildman–Crippen MR) is 106 cm³/mol. The van der Waals surface area contributed by atoms with Gasteiger partial charge in [-0.15, -0.1) is 0 Å². The van der Waals surface area contributed by atoms with Crippen LogP contribution >= 0.6 is 0 Å². The van der Waals surface area contributed by atoms with Crippen molar-refractivity contribution in [2.24, 2.45) is 5.92 Å². The van der Waals surface area contributed by atoms with E-state index in [1.807, 2.05) is 11.9 Å². The Morgan fingerprint density at radius 2 is 2.07 bits per heavy atom. The Balaban J connectivity index is 1.47. The van der Waals surface area contributed by atoms with E-state index >= 15 is 0 Å². The van der Waals surface area contributed by atoms with Crippen molar-refractivity contribution in [3.63, 3.8) is 0 Å². The van der Waals surface area contributed by atoms with E-state index in [4.69, 9.17) is 9.72 Å². The van der Waals surface area contributed by atoms with Crippen LogP contribution in [0.3, 0.4) is 0 Å². The molecular formula is C21H32N4O3. The summed E-state index contributed by atoms with van der Waals surface area (Å²) in [6, 6.07) is 0. The molecule has 1 aromatic rings. The van der Waals surface area contributed by atoms with Crippen LogP contribution in [0.2, 0.25) is 0 Å². The number of nitrogens with one attached hydrogen (secondary N) is 1. The quantitative estimate of drug-likeness (QED) is 0.852. The van der Waals surface area contributed by atoms with Crippen molar-refractivity contribution in [2.45, 2.75) is 63.5 Å². The highest BCUT2D eigenvalue weighted by Crippen LogP contribution is 2.31. The molecule has 1 N–H and O–H groups in total. The van der Waals surface area contributed by atoms with Crippen molar-refractivity contribution in [3.05, 3.63) is 27.4 Å². The fourth-order valence-electron chi connectivity index (χ4n) is 5.01. The lowest BCUT2D eigenvalue weighted by atomic mass is 9.85. The second-order valence-corrected chi connectivity index (χ2v) is 8.71. The minimum atomic E-state index is -0.00906. The standard InChI is InChI=1S/C21H32N4O3/c1-24-10-8-18-17(13-24)20(26)23-19(22-18)15-6-4-9-25(12-15)21(27)14-5-3-7-16(11-14)28-2/h14-16H,3-13H2,1-2H3,(H,22,23,26)/t14-,15-,16+/m1/s1. The summed E-state index contributed by atoms with van der Waals surface area (Å²) in [6.45, 7) is 3.06. The molecule has 4 rings (SSSR count). The molecular weight excluding hydrogens is 356 g/mol. The van der Waals surface area contributed by atoms with E-state index in [1.54, 1.807) is 7.11 Å². The summed E-state index contributed by atoms with van der Waals surface area (Å²) in [5.41, 5.74) is 1.73. The summed E-state index contributed by atoms with van der Waals surface area (Å²) in [7, 11) is 3.77. The average Bonchev–Trinajstić information content (AvgIpc) is 2.73. The number of hydrogen-bond donors (Lipinski definition) is 1. The number of fused-ring (bicyclic) bond motifs is 1. The summed E-state index contributed by atoms with van der Waals surface area (Å²) in [5, 5.41) is 0. The largest absolute Gasteiger partial charge is 0.381 e. The van der Waals surface area contributed by atoms with E-state index in [0.29, 0.717) is 13.1 Å². The molecule has 3 aliphatic rings. The van der Waals surface area contributed by atoms with Gasteiger partial charge in [0, 0.05) is 51.5 Å². The summed E-state index contributed by atoms with van der Waals surface area (Å²) in [4.78, 5) is 37.7. The predicted octanol–water partition coefficient (Wildman–Crippen LogP) is 1.67. The van der Waals surface area contributed by atoms with Crippen LogP contribution in [0.4, 0.5) is 0 Å². The van der Waals surface area contributed by atoms with Crippen LogP contribution in [0.25, 0.3) is 0 Å². The average molecular weight is 389 g/mol. The molecule has 0 bridgehead atoms. The van der Waals surface area contributed by atoms with Crippen molar-refractivity contribution < 1.29 is 9.53 Å². The fourth-order valence-corrected chi connectivity index (χ4v) is 5.01. The number of aromatic amines is 1. The maximum absolute atomic E-state index is 13.1. The molecule has 3 heterocycles. The number of carbonyl (C=O) groups excluding carboxylic acids is 1. The molecule has 7 heteroatoms. The molecule has 1 aromatic heterocycles. The zero-order valence-electron chi connectivity index (χ0n) is 17.1. The number of piperidine rings is 1. The minimum Gasteiger partial charge on any atom is -0.381 e. The van der Waals surface area contributed by atoms with E-state index in [-0.39, 0.29) is 29.4 Å². The van der Waals surface area contributed by atoms with Crippen LogP contribution in [0, 0.1) is 5.92 Å². The highest BCUT2D eigenvalue weighted by atomic mass is 16.5. The molecule has 0 aromatic carbocycles. The van der Waals surface area contributed by atoms with Crippen LogP contribution in [-0.2, 0) is 22.5 Å². The van der Waals surface area contributed by atoms with Crippen LogP contribution in [0.1, 0.15) is 61.5 Å². The van der Waals surface area contributed by atoms with Gasteiger partial charge >= 0.3 is 0 Å². The third kappa shape index (κ3) is 4.01. The number of hydrogen-bond acceptors (Lipinski definition) is 5. The number of H-pyrrole nitrogens is 1. The van der Waals surface area contributed by atoms with E-state index in [9.17, 15) is 9.59 Å². The lowest BCUT2D eigenvalue weighted by Gasteiger charge is -2.37. The van der Waals surface area contributed by atoms with Gasteiger partial charge < -0.3 is 19.5 Å². The number of nitrogens with zero attached hydrogens (tertiary/aromatic N) is 3. The third-order valence-corrected chi connectivity index (χ3v) is 6.71. The molecule has 7 nitrogen and oxygen atoms in total. The van der Waals surface area contributed by atoms with E-state index in [1.165, 1.54) is 0 Å². The highest BCUT2D eigenvalue weighted by Gasteiger charge is 2.34. The molecule has 1 saturated heterocycles. The maximum atomic E-state index is 13.1. The number of likely N-dealkylation sites (N-methyl/N-ethyl adjacent to an activating group) is 1. The Morgan fingerprint density at radius 3 is 2.89 bits per heavy atom. The van der Waals surface area contributed by atoms with Crippen molar-refractivity contribution in [3.8, 4) is 0 Å². The van der Waals surface area contributed by atoms with E-state index in [2.05, 4.69) is 9.88 Å². The number of amides is 1. The first kappa shape index (κ1) is 19.6. The van der Waals surface area contributed by atoms with E-state index in [0.717, 1.165) is 75.1 Å². The molecule has 1 saturated carbocycles. The fraction of sp³-hybridized carbons (Fsp3) is 0.762. The lowest BCUT2D eigenvalue weighted by molar-refractivity contribution is -0.139. The number of rotatable bonds is 3. The Hall–Kier alpha value is -1.73. The summed E-state index contributed by atoms with van der Waals surface area (Å²) >= 11 is 0. The summed E-state index contributed by atoms with van der Waals surface area (Å²) in [5.74, 6) is 1.22. The summed E-state index contributed by atoms with van der Waals surface area (Å²) in [6.07, 6.45) is 6.85. The number of methoxy groups -OCH3 is 1. The Kier molecular flexibility index (Phi) is 5.83. The third-order valence-electron chi connectivity index (χ3n) is 6.71. The van der Waals surface area contributed by atoms with Gasteiger partial charge in [-0.25, -0.2) is 4.98 Å². The Morgan fingerprint density at radius 1 is 1.21 bits per heavy atom. The molecule has 2 fully saturated rings.